The van der Waals surface area contributed by atoms with Crippen molar-refractivity contribution in [1.29, 1.82) is 0 Å². The third-order valence-corrected chi connectivity index (χ3v) is 6.44. The van der Waals surface area contributed by atoms with Crippen LogP contribution in [0.2, 0.25) is 0 Å². The van der Waals surface area contributed by atoms with Gasteiger partial charge in [0.25, 0.3) is 5.91 Å². The average Bonchev–Trinajstić information content (AvgIpc) is 3.10. The van der Waals surface area contributed by atoms with Crippen LogP contribution in [0.3, 0.4) is 0 Å². The van der Waals surface area contributed by atoms with Crippen molar-refractivity contribution in [3.63, 3.8) is 0 Å². The highest BCUT2D eigenvalue weighted by Gasteiger charge is 2.31. The first-order valence-electron chi connectivity index (χ1n) is 10.3. The lowest BCUT2D eigenvalue weighted by Gasteiger charge is -2.14. The number of ether oxygens (including phenoxy) is 2. The number of thiocarbonyl (C=S) groups is 1. The molecule has 3 aromatic rings. The molecule has 0 N–H and O–H groups in total. The third-order valence-electron chi connectivity index (χ3n) is 5.06. The summed E-state index contributed by atoms with van der Waals surface area (Å²) in [6.45, 7) is 1.03. The molecule has 1 aliphatic heterocycles. The van der Waals surface area contributed by atoms with Crippen molar-refractivity contribution in [3.8, 4) is 11.5 Å². The first kappa shape index (κ1) is 22.1. The van der Waals surface area contributed by atoms with E-state index >= 15 is 0 Å². The molecule has 0 radical (unpaired) electrons. The third kappa shape index (κ3) is 5.39. The van der Waals surface area contributed by atoms with Crippen LogP contribution < -0.4 is 9.47 Å². The van der Waals surface area contributed by atoms with Gasteiger partial charge in [-0.05, 0) is 41.3 Å². The largest absolute Gasteiger partial charge is 0.493 e. The number of thioether (sulfide) groups is 1. The molecule has 0 saturated carbocycles. The fraction of sp³-hybridized carbons (Fsp3) is 0.154. The molecule has 0 spiro atoms. The number of benzene rings is 3. The van der Waals surface area contributed by atoms with Gasteiger partial charge in [0.15, 0.2) is 11.5 Å². The van der Waals surface area contributed by atoms with Crippen molar-refractivity contribution in [1.82, 2.24) is 4.90 Å². The lowest BCUT2D eigenvalue weighted by molar-refractivity contribution is -0.122. The lowest BCUT2D eigenvalue weighted by atomic mass is 10.1. The van der Waals surface area contributed by atoms with E-state index in [2.05, 4.69) is 12.1 Å². The number of nitrogens with zero attached hydrogens (tertiary/aromatic N) is 1. The second-order valence-electron chi connectivity index (χ2n) is 7.25. The molecule has 162 valence electrons. The van der Waals surface area contributed by atoms with Crippen LogP contribution in [0.25, 0.3) is 6.08 Å². The number of methoxy groups -OCH3 is 1. The van der Waals surface area contributed by atoms with E-state index in [1.165, 1.54) is 17.3 Å². The fourth-order valence-corrected chi connectivity index (χ4v) is 4.67. The Labute approximate surface area is 197 Å². The van der Waals surface area contributed by atoms with Crippen molar-refractivity contribution in [3.05, 3.63) is 100 Å². The Bertz CT molecular complexity index is 1130. The first-order chi connectivity index (χ1) is 15.6. The Kier molecular flexibility index (Phi) is 7.24. The zero-order valence-corrected chi connectivity index (χ0v) is 19.3. The van der Waals surface area contributed by atoms with Gasteiger partial charge in [-0.1, -0.05) is 90.7 Å². The van der Waals surface area contributed by atoms with Crippen LogP contribution in [0.4, 0.5) is 0 Å². The minimum atomic E-state index is -0.0562. The number of carbonyl (C=O) groups excluding carboxylic acids is 1. The highest BCUT2D eigenvalue weighted by Crippen LogP contribution is 2.35. The minimum Gasteiger partial charge on any atom is -0.493 e. The Hall–Kier alpha value is -3.09. The summed E-state index contributed by atoms with van der Waals surface area (Å²) in [6.07, 6.45) is 2.62. The summed E-state index contributed by atoms with van der Waals surface area (Å²) in [5, 5.41) is 0. The number of hydrogen-bond donors (Lipinski definition) is 0. The molecule has 4 nitrogen and oxygen atoms in total. The normalized spacial score (nSPS) is 14.8. The maximum atomic E-state index is 12.9. The highest BCUT2D eigenvalue weighted by atomic mass is 32.2. The number of hydrogen-bond acceptors (Lipinski definition) is 5. The summed E-state index contributed by atoms with van der Waals surface area (Å²) < 4.78 is 12.0. The highest BCUT2D eigenvalue weighted by molar-refractivity contribution is 8.26. The molecule has 0 aromatic heterocycles. The second kappa shape index (κ2) is 10.5. The molecule has 1 saturated heterocycles. The molecule has 4 rings (SSSR count). The summed E-state index contributed by atoms with van der Waals surface area (Å²) in [5.41, 5.74) is 3.12. The Morgan fingerprint density at radius 3 is 2.31 bits per heavy atom. The summed E-state index contributed by atoms with van der Waals surface area (Å²) >= 11 is 6.79. The number of rotatable bonds is 8. The molecule has 6 heteroatoms. The van der Waals surface area contributed by atoms with Crippen LogP contribution in [-0.2, 0) is 17.8 Å². The van der Waals surface area contributed by atoms with Crippen molar-refractivity contribution >= 4 is 40.3 Å². The summed E-state index contributed by atoms with van der Waals surface area (Å²) in [6, 6.07) is 25.7. The minimum absolute atomic E-state index is 0.0562. The van der Waals surface area contributed by atoms with Crippen LogP contribution in [0.5, 0.6) is 11.5 Å². The molecular formula is C26H23NO3S2. The van der Waals surface area contributed by atoms with E-state index < -0.39 is 0 Å². The number of amides is 1. The predicted molar refractivity (Wildman–Crippen MR) is 134 cm³/mol. The van der Waals surface area contributed by atoms with Gasteiger partial charge < -0.3 is 9.47 Å². The van der Waals surface area contributed by atoms with Crippen LogP contribution in [-0.4, -0.2) is 28.8 Å². The molecule has 1 aliphatic rings. The van der Waals surface area contributed by atoms with Gasteiger partial charge in [-0.15, -0.1) is 0 Å². The van der Waals surface area contributed by atoms with Gasteiger partial charge in [-0.2, -0.15) is 0 Å². The van der Waals surface area contributed by atoms with Gasteiger partial charge in [-0.25, -0.2) is 0 Å². The monoisotopic (exact) mass is 461 g/mol. The van der Waals surface area contributed by atoms with E-state index in [1.807, 2.05) is 72.8 Å². The lowest BCUT2D eigenvalue weighted by Crippen LogP contribution is -2.30. The maximum absolute atomic E-state index is 12.9. The van der Waals surface area contributed by atoms with E-state index in [9.17, 15) is 4.79 Å². The molecule has 0 bridgehead atoms. The van der Waals surface area contributed by atoms with Gasteiger partial charge in [0, 0.05) is 6.54 Å². The van der Waals surface area contributed by atoms with Crippen LogP contribution >= 0.6 is 24.0 Å². The van der Waals surface area contributed by atoms with Crippen molar-refractivity contribution in [2.75, 3.05) is 13.7 Å². The zero-order chi connectivity index (χ0) is 22.3. The second-order valence-corrected chi connectivity index (χ2v) is 8.93. The van der Waals surface area contributed by atoms with Gasteiger partial charge in [0.1, 0.15) is 10.9 Å². The molecule has 0 atom stereocenters. The Balaban J connectivity index is 1.44. The van der Waals surface area contributed by atoms with Crippen molar-refractivity contribution in [2.45, 2.75) is 13.0 Å². The van der Waals surface area contributed by atoms with Crippen LogP contribution in [0.1, 0.15) is 16.7 Å². The maximum Gasteiger partial charge on any atom is 0.266 e. The molecular weight excluding hydrogens is 438 g/mol. The van der Waals surface area contributed by atoms with Crippen molar-refractivity contribution in [2.24, 2.45) is 0 Å². The Morgan fingerprint density at radius 1 is 0.938 bits per heavy atom. The fourth-order valence-electron chi connectivity index (χ4n) is 3.36. The van der Waals surface area contributed by atoms with Gasteiger partial charge in [0.2, 0.25) is 0 Å². The van der Waals surface area contributed by atoms with Gasteiger partial charge >= 0.3 is 0 Å². The molecule has 1 heterocycles. The first-order valence-corrected chi connectivity index (χ1v) is 11.5. The Morgan fingerprint density at radius 2 is 1.62 bits per heavy atom. The number of carbonyl (C=O) groups is 1. The molecule has 0 unspecified atom stereocenters. The van der Waals surface area contributed by atoms with Gasteiger partial charge in [0.05, 0.1) is 12.0 Å². The zero-order valence-electron chi connectivity index (χ0n) is 17.7. The summed E-state index contributed by atoms with van der Waals surface area (Å²) in [7, 11) is 1.61. The molecule has 3 aromatic carbocycles. The summed E-state index contributed by atoms with van der Waals surface area (Å²) in [4.78, 5) is 15.2. The summed E-state index contributed by atoms with van der Waals surface area (Å²) in [5.74, 6) is 1.22. The molecule has 32 heavy (non-hydrogen) atoms. The van der Waals surface area contributed by atoms with E-state index in [-0.39, 0.29) is 5.91 Å². The van der Waals surface area contributed by atoms with E-state index in [4.69, 9.17) is 21.7 Å². The van der Waals surface area contributed by atoms with E-state index in [1.54, 1.807) is 12.0 Å². The van der Waals surface area contributed by atoms with E-state index in [0.717, 1.165) is 17.5 Å². The molecule has 0 aliphatic carbocycles. The standard InChI is InChI=1S/C26H23NO3S2/c1-29-23-16-21(12-13-22(23)30-18-20-10-6-3-7-11-20)17-24-25(28)27(26(31)32-24)15-14-19-8-4-2-5-9-19/h2-13,16-17H,14-15,18H2,1H3/b24-17-. The SMILES string of the molecule is COc1cc(/C=C2\SC(=S)N(CCc3ccccc3)C2=O)ccc1OCc1ccccc1. The quantitative estimate of drug-likeness (QED) is 0.317. The molecule has 1 amide bonds. The molecule has 1 fully saturated rings. The van der Waals surface area contributed by atoms with Crippen molar-refractivity contribution < 1.29 is 14.3 Å². The topological polar surface area (TPSA) is 38.8 Å². The van der Waals surface area contributed by atoms with Gasteiger partial charge in [-0.3, -0.25) is 9.69 Å². The van der Waals surface area contributed by atoms with Crippen LogP contribution in [0, 0.1) is 0 Å². The predicted octanol–water partition coefficient (Wildman–Crippen LogP) is 5.72. The average molecular weight is 462 g/mol. The van der Waals surface area contributed by atoms with Crippen LogP contribution in [0.15, 0.2) is 83.8 Å². The van der Waals surface area contributed by atoms with E-state index in [0.29, 0.717) is 33.9 Å². The smallest absolute Gasteiger partial charge is 0.266 e.